The largest absolute Gasteiger partial charge is 0.497 e. The Hall–Kier alpha value is -2.67. The zero-order valence-corrected chi connectivity index (χ0v) is 14.0. The van der Waals surface area contributed by atoms with Crippen LogP contribution in [0.4, 0.5) is 0 Å². The van der Waals surface area contributed by atoms with Crippen LogP contribution in [-0.2, 0) is 9.53 Å². The standard InChI is InChI=1S/C17H21N3O4/c1-12(17(22)18-10-11-23-2)20-16(21)9-8-15(19-20)13-4-6-14(24-3)7-5-13/h4-9,12H,10-11H2,1-3H3,(H,18,22). The molecule has 7 heteroatoms. The van der Waals surface area contributed by atoms with Gasteiger partial charge in [0.15, 0.2) is 0 Å². The van der Waals surface area contributed by atoms with Crippen LogP contribution in [-0.4, -0.2) is 43.1 Å². The maximum atomic E-state index is 12.1. The number of nitrogens with zero attached hydrogens (tertiary/aromatic N) is 2. The first-order chi connectivity index (χ1) is 11.6. The minimum Gasteiger partial charge on any atom is -0.497 e. The number of hydrogen-bond donors (Lipinski definition) is 1. The molecule has 1 heterocycles. The molecule has 1 unspecified atom stereocenters. The van der Waals surface area contributed by atoms with E-state index in [1.807, 2.05) is 24.3 Å². The summed E-state index contributed by atoms with van der Waals surface area (Å²) in [6.07, 6.45) is 0. The van der Waals surface area contributed by atoms with E-state index in [1.54, 1.807) is 27.2 Å². The number of rotatable bonds is 7. The molecule has 2 rings (SSSR count). The molecule has 0 bridgehead atoms. The van der Waals surface area contributed by atoms with Crippen LogP contribution in [0.1, 0.15) is 13.0 Å². The molecular weight excluding hydrogens is 310 g/mol. The zero-order chi connectivity index (χ0) is 17.5. The molecule has 0 saturated heterocycles. The van der Waals surface area contributed by atoms with E-state index < -0.39 is 6.04 Å². The molecular formula is C17H21N3O4. The van der Waals surface area contributed by atoms with Gasteiger partial charge in [-0.1, -0.05) is 0 Å². The Labute approximate surface area is 140 Å². The van der Waals surface area contributed by atoms with Gasteiger partial charge in [-0.3, -0.25) is 9.59 Å². The third kappa shape index (κ3) is 4.20. The predicted octanol–water partition coefficient (Wildman–Crippen LogP) is 1.24. The summed E-state index contributed by atoms with van der Waals surface area (Å²) in [5, 5.41) is 7.02. The lowest BCUT2D eigenvalue weighted by molar-refractivity contribution is -0.124. The van der Waals surface area contributed by atoms with E-state index in [0.29, 0.717) is 18.8 Å². The van der Waals surface area contributed by atoms with Crippen LogP contribution in [0.5, 0.6) is 5.75 Å². The average Bonchev–Trinajstić information content (AvgIpc) is 2.62. The van der Waals surface area contributed by atoms with Gasteiger partial charge in [0.1, 0.15) is 11.8 Å². The molecule has 128 valence electrons. The van der Waals surface area contributed by atoms with E-state index >= 15 is 0 Å². The van der Waals surface area contributed by atoms with Crippen LogP contribution >= 0.6 is 0 Å². The van der Waals surface area contributed by atoms with Crippen molar-refractivity contribution in [1.82, 2.24) is 15.1 Å². The molecule has 0 aliphatic heterocycles. The normalized spacial score (nSPS) is 11.8. The molecule has 0 saturated carbocycles. The van der Waals surface area contributed by atoms with Gasteiger partial charge in [-0.15, -0.1) is 0 Å². The number of carbonyl (C=O) groups is 1. The number of amides is 1. The molecule has 1 aromatic carbocycles. The van der Waals surface area contributed by atoms with Crippen LogP contribution in [0.3, 0.4) is 0 Å². The van der Waals surface area contributed by atoms with Crippen LogP contribution in [0.2, 0.25) is 0 Å². The summed E-state index contributed by atoms with van der Waals surface area (Å²) >= 11 is 0. The summed E-state index contributed by atoms with van der Waals surface area (Å²) in [6.45, 7) is 2.42. The van der Waals surface area contributed by atoms with Crippen molar-refractivity contribution in [2.24, 2.45) is 0 Å². The van der Waals surface area contributed by atoms with Gasteiger partial charge in [-0.25, -0.2) is 4.68 Å². The molecule has 0 fully saturated rings. The molecule has 2 aromatic rings. The first kappa shape index (κ1) is 17.7. The van der Waals surface area contributed by atoms with Gasteiger partial charge in [0.2, 0.25) is 5.91 Å². The lowest BCUT2D eigenvalue weighted by Gasteiger charge is -2.15. The Morgan fingerprint density at radius 3 is 2.54 bits per heavy atom. The van der Waals surface area contributed by atoms with Gasteiger partial charge in [0, 0.05) is 25.3 Å². The number of benzene rings is 1. The van der Waals surface area contributed by atoms with Crippen molar-refractivity contribution in [3.8, 4) is 17.0 Å². The van der Waals surface area contributed by atoms with Crippen LogP contribution in [0.15, 0.2) is 41.2 Å². The number of hydrogen-bond acceptors (Lipinski definition) is 5. The maximum Gasteiger partial charge on any atom is 0.267 e. The molecule has 0 aliphatic carbocycles. The molecule has 0 radical (unpaired) electrons. The van der Waals surface area contributed by atoms with E-state index in [2.05, 4.69) is 10.4 Å². The van der Waals surface area contributed by atoms with Crippen molar-refractivity contribution in [3.63, 3.8) is 0 Å². The third-order valence-corrected chi connectivity index (χ3v) is 3.56. The number of ether oxygens (including phenoxy) is 2. The first-order valence-electron chi connectivity index (χ1n) is 7.57. The molecule has 1 N–H and O–H groups in total. The predicted molar refractivity (Wildman–Crippen MR) is 90.1 cm³/mol. The van der Waals surface area contributed by atoms with Crippen molar-refractivity contribution in [3.05, 3.63) is 46.8 Å². The summed E-state index contributed by atoms with van der Waals surface area (Å²) in [5.74, 6) is 0.450. The van der Waals surface area contributed by atoms with Gasteiger partial charge in [0.05, 0.1) is 19.4 Å². The molecule has 1 atom stereocenters. The summed E-state index contributed by atoms with van der Waals surface area (Å²) in [4.78, 5) is 24.2. The number of carbonyl (C=O) groups excluding carboxylic acids is 1. The number of nitrogens with one attached hydrogen (secondary N) is 1. The minimum atomic E-state index is -0.715. The van der Waals surface area contributed by atoms with E-state index in [1.165, 1.54) is 10.7 Å². The first-order valence-corrected chi connectivity index (χ1v) is 7.57. The fourth-order valence-electron chi connectivity index (χ4n) is 2.15. The zero-order valence-electron chi connectivity index (χ0n) is 14.0. The molecule has 7 nitrogen and oxygen atoms in total. The Balaban J connectivity index is 2.24. The Morgan fingerprint density at radius 2 is 1.92 bits per heavy atom. The van der Waals surface area contributed by atoms with Gasteiger partial charge < -0.3 is 14.8 Å². The topological polar surface area (TPSA) is 82.4 Å². The Kier molecular flexibility index (Phi) is 6.08. The number of methoxy groups -OCH3 is 2. The SMILES string of the molecule is COCCNC(=O)C(C)n1nc(-c2ccc(OC)cc2)ccc1=O. The highest BCUT2D eigenvalue weighted by molar-refractivity contribution is 5.79. The van der Waals surface area contributed by atoms with E-state index in [0.717, 1.165) is 11.3 Å². The fraction of sp³-hybridized carbons (Fsp3) is 0.353. The molecule has 0 aliphatic rings. The van der Waals surface area contributed by atoms with E-state index in [9.17, 15) is 9.59 Å². The number of aromatic nitrogens is 2. The van der Waals surface area contributed by atoms with E-state index in [4.69, 9.17) is 9.47 Å². The highest BCUT2D eigenvalue weighted by atomic mass is 16.5. The van der Waals surface area contributed by atoms with Crippen molar-refractivity contribution < 1.29 is 14.3 Å². The lowest BCUT2D eigenvalue weighted by atomic mass is 10.1. The lowest BCUT2D eigenvalue weighted by Crippen LogP contribution is -2.38. The van der Waals surface area contributed by atoms with Crippen molar-refractivity contribution in [2.75, 3.05) is 27.4 Å². The summed E-state index contributed by atoms with van der Waals surface area (Å²) in [5.41, 5.74) is 1.10. The van der Waals surface area contributed by atoms with Crippen molar-refractivity contribution >= 4 is 5.91 Å². The molecule has 0 spiro atoms. The van der Waals surface area contributed by atoms with E-state index in [-0.39, 0.29) is 11.5 Å². The Bertz CT molecular complexity index is 740. The fourth-order valence-corrected chi connectivity index (χ4v) is 2.15. The van der Waals surface area contributed by atoms with Crippen molar-refractivity contribution in [1.29, 1.82) is 0 Å². The third-order valence-electron chi connectivity index (χ3n) is 3.56. The highest BCUT2D eigenvalue weighted by Gasteiger charge is 2.17. The average molecular weight is 331 g/mol. The van der Waals surface area contributed by atoms with Crippen LogP contribution < -0.4 is 15.6 Å². The van der Waals surface area contributed by atoms with Crippen LogP contribution in [0, 0.1) is 0 Å². The van der Waals surface area contributed by atoms with Crippen molar-refractivity contribution in [2.45, 2.75) is 13.0 Å². The quantitative estimate of drug-likeness (QED) is 0.772. The Morgan fingerprint density at radius 1 is 1.21 bits per heavy atom. The monoisotopic (exact) mass is 331 g/mol. The smallest absolute Gasteiger partial charge is 0.267 e. The molecule has 1 aromatic heterocycles. The van der Waals surface area contributed by atoms with Gasteiger partial charge in [-0.05, 0) is 37.3 Å². The second-order valence-corrected chi connectivity index (χ2v) is 5.19. The highest BCUT2D eigenvalue weighted by Crippen LogP contribution is 2.20. The van der Waals surface area contributed by atoms with Crippen LogP contribution in [0.25, 0.3) is 11.3 Å². The molecule has 24 heavy (non-hydrogen) atoms. The van der Waals surface area contributed by atoms with Gasteiger partial charge in [0.25, 0.3) is 5.56 Å². The molecule has 1 amide bonds. The summed E-state index contributed by atoms with van der Waals surface area (Å²) in [7, 11) is 3.15. The summed E-state index contributed by atoms with van der Waals surface area (Å²) in [6, 6.07) is 9.65. The van der Waals surface area contributed by atoms with Gasteiger partial charge in [-0.2, -0.15) is 5.10 Å². The minimum absolute atomic E-state index is 0.284. The van der Waals surface area contributed by atoms with Gasteiger partial charge >= 0.3 is 0 Å². The summed E-state index contributed by atoms with van der Waals surface area (Å²) < 4.78 is 11.2. The maximum absolute atomic E-state index is 12.1. The second-order valence-electron chi connectivity index (χ2n) is 5.19. The second kappa shape index (κ2) is 8.26.